The van der Waals surface area contributed by atoms with Gasteiger partial charge in [-0.15, -0.1) is 0 Å². The van der Waals surface area contributed by atoms with Gasteiger partial charge in [-0.25, -0.2) is 8.42 Å². The molecular formula is C18H18N4O5S2. The molecule has 0 radical (unpaired) electrons. The highest BCUT2D eigenvalue weighted by Crippen LogP contribution is 2.22. The third kappa shape index (κ3) is 5.00. The Hall–Kier alpha value is -2.76. The Morgan fingerprint density at radius 2 is 1.97 bits per heavy atom. The van der Waals surface area contributed by atoms with Gasteiger partial charge in [0.15, 0.2) is 0 Å². The van der Waals surface area contributed by atoms with E-state index in [4.69, 9.17) is 0 Å². The molecule has 29 heavy (non-hydrogen) atoms. The van der Waals surface area contributed by atoms with Crippen LogP contribution in [-0.2, 0) is 26.2 Å². The molecule has 0 saturated carbocycles. The van der Waals surface area contributed by atoms with Gasteiger partial charge in [0.2, 0.25) is 21.8 Å². The van der Waals surface area contributed by atoms with Crippen molar-refractivity contribution in [3.8, 4) is 0 Å². The van der Waals surface area contributed by atoms with E-state index in [2.05, 4.69) is 10.3 Å². The Labute approximate surface area is 172 Å². The van der Waals surface area contributed by atoms with E-state index in [9.17, 15) is 22.8 Å². The van der Waals surface area contributed by atoms with E-state index in [0.29, 0.717) is 5.69 Å². The van der Waals surface area contributed by atoms with E-state index in [-0.39, 0.29) is 34.9 Å². The summed E-state index contributed by atoms with van der Waals surface area (Å²) >= 11 is 0.973. The van der Waals surface area contributed by atoms with Gasteiger partial charge in [-0.05, 0) is 29.8 Å². The lowest BCUT2D eigenvalue weighted by Gasteiger charge is -2.17. The van der Waals surface area contributed by atoms with E-state index >= 15 is 0 Å². The largest absolute Gasteiger partial charge is 0.325 e. The fourth-order valence-electron chi connectivity index (χ4n) is 2.58. The Morgan fingerprint density at radius 3 is 2.55 bits per heavy atom. The van der Waals surface area contributed by atoms with Crippen molar-refractivity contribution in [2.24, 2.45) is 0 Å². The van der Waals surface area contributed by atoms with Gasteiger partial charge in [0.1, 0.15) is 4.90 Å². The summed E-state index contributed by atoms with van der Waals surface area (Å²) in [6.07, 6.45) is 2.68. The van der Waals surface area contributed by atoms with Crippen LogP contribution in [-0.4, -0.2) is 59.0 Å². The van der Waals surface area contributed by atoms with Crippen molar-refractivity contribution in [1.29, 1.82) is 0 Å². The molecule has 0 atom stereocenters. The lowest BCUT2D eigenvalue weighted by Crippen LogP contribution is -2.35. The Kier molecular flexibility index (Phi) is 6.30. The summed E-state index contributed by atoms with van der Waals surface area (Å²) in [5, 5.41) is 2.35. The van der Waals surface area contributed by atoms with E-state index in [1.807, 2.05) is 0 Å². The molecule has 1 N–H and O–H groups in total. The first-order valence-corrected chi connectivity index (χ1v) is 10.9. The molecular weight excluding hydrogens is 416 g/mol. The number of carbonyl (C=O) groups is 3. The molecule has 1 aliphatic rings. The van der Waals surface area contributed by atoms with Crippen LogP contribution >= 0.6 is 11.8 Å². The zero-order chi connectivity index (χ0) is 21.0. The van der Waals surface area contributed by atoms with Crippen LogP contribution in [0, 0.1) is 0 Å². The lowest BCUT2D eigenvalue weighted by molar-refractivity contribution is -0.125. The third-order valence-corrected chi connectivity index (χ3v) is 6.77. The number of nitrogens with zero attached hydrogens (tertiary/aromatic N) is 3. The molecule has 0 bridgehead atoms. The molecule has 0 aliphatic carbocycles. The molecule has 9 nitrogen and oxygen atoms in total. The third-order valence-electron chi connectivity index (χ3n) is 4.13. The number of pyridine rings is 1. The van der Waals surface area contributed by atoms with Gasteiger partial charge in [0, 0.05) is 25.1 Å². The van der Waals surface area contributed by atoms with E-state index in [0.717, 1.165) is 21.6 Å². The van der Waals surface area contributed by atoms with Crippen molar-refractivity contribution in [2.45, 2.75) is 11.4 Å². The van der Waals surface area contributed by atoms with Gasteiger partial charge < -0.3 is 5.32 Å². The van der Waals surface area contributed by atoms with Gasteiger partial charge >= 0.3 is 0 Å². The highest BCUT2D eigenvalue weighted by Gasteiger charge is 2.29. The second-order valence-electron chi connectivity index (χ2n) is 6.23. The summed E-state index contributed by atoms with van der Waals surface area (Å²) in [6, 6.07) is 9.54. The minimum absolute atomic E-state index is 0.00354. The van der Waals surface area contributed by atoms with Crippen molar-refractivity contribution in [2.75, 3.05) is 24.7 Å². The average molecular weight is 434 g/mol. The van der Waals surface area contributed by atoms with Crippen molar-refractivity contribution >= 4 is 44.5 Å². The summed E-state index contributed by atoms with van der Waals surface area (Å²) < 4.78 is 25.8. The lowest BCUT2D eigenvalue weighted by atomic mass is 10.2. The molecule has 0 spiro atoms. The zero-order valence-corrected chi connectivity index (χ0v) is 17.1. The first kappa shape index (κ1) is 21.0. The normalized spacial score (nSPS) is 14.5. The molecule has 1 saturated heterocycles. The number of benzene rings is 1. The molecule has 1 aromatic carbocycles. The smallest absolute Gasteiger partial charge is 0.289 e. The van der Waals surface area contributed by atoms with E-state index < -0.39 is 15.9 Å². The molecule has 2 aromatic rings. The Morgan fingerprint density at radius 1 is 1.24 bits per heavy atom. The number of sulfonamides is 1. The van der Waals surface area contributed by atoms with Crippen molar-refractivity contribution in [1.82, 2.24) is 14.2 Å². The number of amides is 3. The summed E-state index contributed by atoms with van der Waals surface area (Å²) in [5.41, 5.74) is 1.21. The fraction of sp³-hybridized carbons (Fsp3) is 0.222. The maximum absolute atomic E-state index is 12.4. The van der Waals surface area contributed by atoms with Gasteiger partial charge in [-0.3, -0.25) is 24.3 Å². The number of imide groups is 1. The minimum atomic E-state index is -3.82. The number of hydrogen-bond acceptors (Lipinski definition) is 7. The topological polar surface area (TPSA) is 117 Å². The summed E-state index contributed by atoms with van der Waals surface area (Å²) in [6.45, 7) is -0.196. The van der Waals surface area contributed by atoms with Gasteiger partial charge in [0.25, 0.3) is 5.24 Å². The molecule has 1 aromatic heterocycles. The van der Waals surface area contributed by atoms with Crippen molar-refractivity contribution in [3.63, 3.8) is 0 Å². The van der Waals surface area contributed by atoms with Crippen LogP contribution in [0.25, 0.3) is 0 Å². The SMILES string of the molecule is CN(CC(=O)Nc1ccc(CN2C(=O)CSC2=O)cc1)S(=O)(=O)c1cccnc1. The Bertz CT molecular complexity index is 1010. The fourth-order valence-corrected chi connectivity index (χ4v) is 4.39. The number of hydrogen-bond donors (Lipinski definition) is 1. The van der Waals surface area contributed by atoms with Crippen LogP contribution < -0.4 is 5.32 Å². The van der Waals surface area contributed by atoms with Crippen LogP contribution in [0.4, 0.5) is 10.5 Å². The molecule has 0 unspecified atom stereocenters. The Balaban J connectivity index is 1.58. The number of likely N-dealkylation sites (N-methyl/N-ethyl adjacent to an activating group) is 1. The highest BCUT2D eigenvalue weighted by molar-refractivity contribution is 8.14. The number of rotatable bonds is 7. The molecule has 1 fully saturated rings. The zero-order valence-electron chi connectivity index (χ0n) is 15.4. The predicted octanol–water partition coefficient (Wildman–Crippen LogP) is 1.54. The summed E-state index contributed by atoms with van der Waals surface area (Å²) in [4.78, 5) is 40.5. The average Bonchev–Trinajstić information content (AvgIpc) is 3.02. The van der Waals surface area contributed by atoms with E-state index in [1.54, 1.807) is 24.3 Å². The highest BCUT2D eigenvalue weighted by atomic mass is 32.2. The second-order valence-corrected chi connectivity index (χ2v) is 9.20. The molecule has 3 rings (SSSR count). The van der Waals surface area contributed by atoms with Gasteiger partial charge in [0.05, 0.1) is 18.8 Å². The van der Waals surface area contributed by atoms with Crippen molar-refractivity contribution < 1.29 is 22.8 Å². The summed E-state index contributed by atoms with van der Waals surface area (Å²) in [7, 11) is -2.51. The number of anilines is 1. The number of carbonyl (C=O) groups excluding carboxylic acids is 3. The molecule has 152 valence electrons. The van der Waals surface area contributed by atoms with E-state index in [1.165, 1.54) is 36.5 Å². The first-order valence-electron chi connectivity index (χ1n) is 8.49. The minimum Gasteiger partial charge on any atom is -0.325 e. The van der Waals surface area contributed by atoms with Crippen LogP contribution in [0.1, 0.15) is 5.56 Å². The second kappa shape index (κ2) is 8.72. The molecule has 2 heterocycles. The van der Waals surface area contributed by atoms with Gasteiger partial charge in [-0.2, -0.15) is 4.31 Å². The number of thioether (sulfide) groups is 1. The summed E-state index contributed by atoms with van der Waals surface area (Å²) in [5.74, 6) is -0.577. The maximum atomic E-state index is 12.4. The van der Waals surface area contributed by atoms with Crippen LogP contribution in [0.2, 0.25) is 0 Å². The first-order chi connectivity index (χ1) is 13.8. The predicted molar refractivity (Wildman–Crippen MR) is 108 cm³/mol. The monoisotopic (exact) mass is 434 g/mol. The molecule has 3 amide bonds. The van der Waals surface area contributed by atoms with Gasteiger partial charge in [-0.1, -0.05) is 23.9 Å². The van der Waals surface area contributed by atoms with Crippen LogP contribution in [0.3, 0.4) is 0 Å². The van der Waals surface area contributed by atoms with Crippen molar-refractivity contribution in [3.05, 3.63) is 54.4 Å². The molecule has 11 heteroatoms. The quantitative estimate of drug-likeness (QED) is 0.702. The maximum Gasteiger partial charge on any atom is 0.289 e. The number of nitrogens with one attached hydrogen (secondary N) is 1. The number of aromatic nitrogens is 1. The molecule has 1 aliphatic heterocycles. The standard InChI is InChI=1S/C18H18N4O5S2/c1-21(29(26,27)15-3-2-8-19-9-15)11-16(23)20-14-6-4-13(5-7-14)10-22-17(24)12-28-18(22)25/h2-9H,10-12H2,1H3,(H,20,23). The van der Waals surface area contributed by atoms with Crippen LogP contribution in [0.5, 0.6) is 0 Å². The van der Waals surface area contributed by atoms with Crippen LogP contribution in [0.15, 0.2) is 53.7 Å².